The Morgan fingerprint density at radius 1 is 1.17 bits per heavy atom. The Kier molecular flexibility index (Phi) is 5.60. The predicted octanol–water partition coefficient (Wildman–Crippen LogP) is 4.02. The van der Waals surface area contributed by atoms with Crippen molar-refractivity contribution in [3.05, 3.63) is 64.5 Å². The number of likely N-dealkylation sites (tertiary alicyclic amines) is 1. The summed E-state index contributed by atoms with van der Waals surface area (Å²) in [4.78, 5) is 15.9. The van der Waals surface area contributed by atoms with Gasteiger partial charge in [-0.2, -0.15) is 0 Å². The number of piperidine rings is 1. The largest absolute Gasteiger partial charge is 0.339 e. The summed E-state index contributed by atoms with van der Waals surface area (Å²) in [5, 5.41) is 2.93. The number of hydrogen-bond acceptors (Lipinski definition) is 4. The van der Waals surface area contributed by atoms with E-state index in [4.69, 9.17) is 5.73 Å². The van der Waals surface area contributed by atoms with Gasteiger partial charge in [-0.1, -0.05) is 34.2 Å². The predicted molar refractivity (Wildman–Crippen MR) is 124 cm³/mol. The van der Waals surface area contributed by atoms with Crippen molar-refractivity contribution in [2.24, 2.45) is 5.73 Å². The fraction of sp³-hybridized carbons (Fsp3) is 0.348. The van der Waals surface area contributed by atoms with E-state index in [0.717, 1.165) is 46.5 Å². The zero-order chi connectivity index (χ0) is 20.6. The van der Waals surface area contributed by atoms with Crippen molar-refractivity contribution in [2.75, 3.05) is 25.6 Å². The van der Waals surface area contributed by atoms with Crippen molar-refractivity contribution in [2.45, 2.75) is 30.2 Å². The number of thiol groups is 1. The van der Waals surface area contributed by atoms with Gasteiger partial charge in [0.25, 0.3) is 5.91 Å². The molecule has 0 aliphatic carbocycles. The fourth-order valence-corrected chi connectivity index (χ4v) is 6.96. The van der Waals surface area contributed by atoms with Gasteiger partial charge in [-0.05, 0) is 60.6 Å². The van der Waals surface area contributed by atoms with Crippen molar-refractivity contribution in [3.8, 4) is 0 Å². The van der Waals surface area contributed by atoms with E-state index in [2.05, 4.69) is 24.3 Å². The lowest BCUT2D eigenvalue weighted by Gasteiger charge is -2.32. The van der Waals surface area contributed by atoms with E-state index in [-0.39, 0.29) is 5.91 Å². The minimum atomic E-state index is -2.37. The van der Waals surface area contributed by atoms with Crippen molar-refractivity contribution in [1.82, 2.24) is 4.90 Å². The van der Waals surface area contributed by atoms with E-state index in [1.807, 2.05) is 28.5 Å². The van der Waals surface area contributed by atoms with Crippen molar-refractivity contribution >= 4 is 37.3 Å². The highest BCUT2D eigenvalue weighted by atomic mass is 32.2. The van der Waals surface area contributed by atoms with Gasteiger partial charge in [0.1, 0.15) is 0 Å². The van der Waals surface area contributed by atoms with Crippen LogP contribution in [0.25, 0.3) is 10.1 Å². The molecule has 1 saturated heterocycles. The zero-order valence-electron chi connectivity index (χ0n) is 16.9. The molecular formula is C23H28N2O2S2. The first kappa shape index (κ1) is 20.3. The summed E-state index contributed by atoms with van der Waals surface area (Å²) in [7, 11) is -2.37. The summed E-state index contributed by atoms with van der Waals surface area (Å²) < 4.78 is 13.7. The number of nitrogens with zero attached hydrogens (tertiary/aromatic N) is 1. The Morgan fingerprint density at radius 2 is 1.93 bits per heavy atom. The van der Waals surface area contributed by atoms with Gasteiger partial charge in [-0.3, -0.25) is 9.00 Å². The van der Waals surface area contributed by atoms with Crippen LogP contribution in [-0.2, 0) is 16.5 Å². The maximum atomic E-state index is 13.1. The molecule has 6 heteroatoms. The Balaban J connectivity index is 1.50. The average Bonchev–Trinajstić information content (AvgIpc) is 3.17. The molecule has 0 spiro atoms. The number of fused-ring (bicyclic) bond motifs is 1. The van der Waals surface area contributed by atoms with E-state index in [1.165, 1.54) is 5.56 Å². The van der Waals surface area contributed by atoms with Gasteiger partial charge < -0.3 is 10.6 Å². The Bertz CT molecular complexity index is 1090. The second-order valence-electron chi connectivity index (χ2n) is 8.20. The third-order valence-corrected chi connectivity index (χ3v) is 8.49. The minimum Gasteiger partial charge on any atom is -0.339 e. The summed E-state index contributed by atoms with van der Waals surface area (Å²) >= 11 is 1.59. The van der Waals surface area contributed by atoms with Crippen LogP contribution in [0.5, 0.6) is 0 Å². The molecule has 4 nitrogen and oxygen atoms in total. The molecule has 2 N–H and O–H groups in total. The van der Waals surface area contributed by atoms with E-state index in [9.17, 15) is 9.00 Å². The number of benzene rings is 2. The van der Waals surface area contributed by atoms with Crippen LogP contribution in [-0.4, -0.2) is 40.6 Å². The van der Waals surface area contributed by atoms with Crippen LogP contribution < -0.4 is 5.73 Å². The van der Waals surface area contributed by atoms with Gasteiger partial charge in [0, 0.05) is 45.6 Å². The molecule has 0 atom stereocenters. The highest BCUT2D eigenvalue weighted by Gasteiger charge is 2.25. The number of thiophene rings is 1. The van der Waals surface area contributed by atoms with Crippen molar-refractivity contribution in [1.29, 1.82) is 0 Å². The standard InChI is InChI=1S/C23H28N2O2S2/c1-29(2,27)22-15-28-21-7-6-19(13-20(21)22)23(26)25-10-8-17(9-11-25)18-5-3-4-16(12-18)14-24/h3-7,12-13,15,17,29H,8-11,14,24H2,1-2H3. The molecule has 2 aromatic carbocycles. The minimum absolute atomic E-state index is 0.0697. The fourth-order valence-electron chi connectivity index (χ4n) is 4.14. The van der Waals surface area contributed by atoms with Gasteiger partial charge in [0.15, 0.2) is 0 Å². The second-order valence-corrected chi connectivity index (χ2v) is 12.3. The molecule has 1 aromatic heterocycles. The molecule has 0 saturated carbocycles. The van der Waals surface area contributed by atoms with Crippen molar-refractivity contribution in [3.63, 3.8) is 0 Å². The smallest absolute Gasteiger partial charge is 0.253 e. The summed E-state index contributed by atoms with van der Waals surface area (Å²) in [5.41, 5.74) is 8.95. The third-order valence-electron chi connectivity index (χ3n) is 5.82. The first-order valence-electron chi connectivity index (χ1n) is 10.0. The molecule has 1 amide bonds. The lowest BCUT2D eigenvalue weighted by atomic mass is 9.88. The maximum Gasteiger partial charge on any atom is 0.253 e. The van der Waals surface area contributed by atoms with Crippen LogP contribution in [0.15, 0.2) is 52.7 Å². The van der Waals surface area contributed by atoms with Crippen molar-refractivity contribution < 1.29 is 9.00 Å². The Hall–Kier alpha value is -2.02. The molecule has 3 aromatic rings. The highest BCUT2D eigenvalue weighted by Crippen LogP contribution is 2.33. The van der Waals surface area contributed by atoms with Crippen LogP contribution in [0.4, 0.5) is 0 Å². The summed E-state index contributed by atoms with van der Waals surface area (Å²) in [6, 6.07) is 14.3. The van der Waals surface area contributed by atoms with Crippen LogP contribution in [0.2, 0.25) is 0 Å². The average molecular weight is 429 g/mol. The van der Waals surface area contributed by atoms with E-state index in [1.54, 1.807) is 23.8 Å². The number of rotatable bonds is 4. The lowest BCUT2D eigenvalue weighted by Crippen LogP contribution is -2.37. The van der Waals surface area contributed by atoms with E-state index < -0.39 is 9.93 Å². The molecule has 1 aliphatic rings. The maximum absolute atomic E-state index is 13.1. The molecule has 1 aliphatic heterocycles. The molecule has 0 bridgehead atoms. The van der Waals surface area contributed by atoms with E-state index >= 15 is 0 Å². The van der Waals surface area contributed by atoms with Gasteiger partial charge in [-0.25, -0.2) is 0 Å². The van der Waals surface area contributed by atoms with Crippen LogP contribution in [0, 0.1) is 0 Å². The Labute approximate surface area is 177 Å². The van der Waals surface area contributed by atoms with Gasteiger partial charge in [0.05, 0.1) is 0 Å². The van der Waals surface area contributed by atoms with Crippen LogP contribution >= 0.6 is 11.3 Å². The number of nitrogens with two attached hydrogens (primary N) is 1. The van der Waals surface area contributed by atoms with Gasteiger partial charge in [0.2, 0.25) is 0 Å². The molecule has 2 heterocycles. The topological polar surface area (TPSA) is 63.4 Å². The number of hydrogen-bond donors (Lipinski definition) is 2. The molecular weight excluding hydrogens is 400 g/mol. The lowest BCUT2D eigenvalue weighted by molar-refractivity contribution is 0.0713. The van der Waals surface area contributed by atoms with Gasteiger partial charge in [-0.15, -0.1) is 11.3 Å². The molecule has 29 heavy (non-hydrogen) atoms. The summed E-state index contributed by atoms with van der Waals surface area (Å²) in [6.45, 7) is 2.07. The number of amides is 1. The molecule has 154 valence electrons. The summed E-state index contributed by atoms with van der Waals surface area (Å²) in [5.74, 6) is 0.544. The SMILES string of the molecule is C[SH](C)(=O)c1csc2ccc(C(=O)N3CCC(c4cccc(CN)c4)CC3)cc12. The monoisotopic (exact) mass is 428 g/mol. The molecule has 1 fully saturated rings. The van der Waals surface area contributed by atoms with Crippen LogP contribution in [0.3, 0.4) is 0 Å². The number of carbonyl (C=O) groups excluding carboxylic acids is 1. The molecule has 0 unspecified atom stereocenters. The summed E-state index contributed by atoms with van der Waals surface area (Å²) in [6.07, 6.45) is 5.50. The van der Waals surface area contributed by atoms with Gasteiger partial charge >= 0.3 is 0 Å². The second kappa shape index (κ2) is 8.01. The Morgan fingerprint density at radius 3 is 2.62 bits per heavy atom. The first-order chi connectivity index (χ1) is 13.9. The third kappa shape index (κ3) is 4.15. The van der Waals surface area contributed by atoms with Crippen LogP contribution in [0.1, 0.15) is 40.2 Å². The number of carbonyl (C=O) groups is 1. The molecule has 4 rings (SSSR count). The zero-order valence-corrected chi connectivity index (χ0v) is 18.6. The van der Waals surface area contributed by atoms with E-state index in [0.29, 0.717) is 18.0 Å². The first-order valence-corrected chi connectivity index (χ1v) is 13.5. The molecule has 0 radical (unpaired) electrons. The highest BCUT2D eigenvalue weighted by molar-refractivity contribution is 8.02. The normalized spacial score (nSPS) is 16.3. The quantitative estimate of drug-likeness (QED) is 0.617.